The van der Waals surface area contributed by atoms with E-state index in [0.29, 0.717) is 11.5 Å². The van der Waals surface area contributed by atoms with Crippen LogP contribution in [0.5, 0.6) is 0 Å². The smallest absolute Gasteiger partial charge is 0.159 e. The van der Waals surface area contributed by atoms with Crippen LogP contribution in [0.3, 0.4) is 0 Å². The molecule has 8 aromatic carbocycles. The molecule has 741 valence electrons. The van der Waals surface area contributed by atoms with Gasteiger partial charge in [-0.1, -0.05) is 220 Å². The van der Waals surface area contributed by atoms with Gasteiger partial charge in [-0.15, -0.1) is 26.3 Å². The quantitative estimate of drug-likeness (QED) is 0.0442. The Morgan fingerprint density at radius 1 is 0.302 bits per heavy atom. The molecule has 6 heteroatoms. The molecule has 0 saturated heterocycles. The predicted octanol–water partition coefficient (Wildman–Crippen LogP) is 39.7. The number of aryl methyl sites for hydroxylation is 4. The number of benzene rings is 8. The fourth-order valence-electron chi connectivity index (χ4n) is 25.9. The van der Waals surface area contributed by atoms with Crippen molar-refractivity contribution in [2.75, 3.05) is 0 Å². The number of hydrogen-bond donors (Lipinski definition) is 0. The van der Waals surface area contributed by atoms with E-state index in [1.165, 1.54) is 301 Å². The average Bonchev–Trinajstić information content (AvgIpc) is 0.816. The molecule has 0 unspecified atom stereocenters. The third kappa shape index (κ3) is 39.0. The molecular formula is C133H176F3Y3-3. The molecule has 3 radical (unpaired) electrons. The first-order valence-electron chi connectivity index (χ1n) is 55.2. The van der Waals surface area contributed by atoms with E-state index in [1.54, 1.807) is 17.7 Å². The van der Waals surface area contributed by atoms with Crippen molar-refractivity contribution in [3.8, 4) is 33.4 Å². The minimum absolute atomic E-state index is 0. The number of halogens is 3. The maximum Gasteiger partial charge on any atom is 0.159 e. The molecule has 0 nitrogen and oxygen atoms in total. The van der Waals surface area contributed by atoms with Crippen molar-refractivity contribution >= 4 is 0 Å². The van der Waals surface area contributed by atoms with E-state index in [1.807, 2.05) is 61.5 Å². The Morgan fingerprint density at radius 2 is 0.597 bits per heavy atom. The van der Waals surface area contributed by atoms with Gasteiger partial charge in [-0.2, -0.15) is 71.8 Å². The summed E-state index contributed by atoms with van der Waals surface area (Å²) in [5, 5.41) is 0. The number of hydrogen-bond acceptors (Lipinski definition) is 0. The molecule has 0 atom stereocenters. The van der Waals surface area contributed by atoms with Crippen molar-refractivity contribution in [1.82, 2.24) is 0 Å². The zero-order valence-electron chi connectivity index (χ0n) is 87.2. The Hall–Kier alpha value is -4.96. The summed E-state index contributed by atoms with van der Waals surface area (Å²) in [5.41, 5.74) is 15.4. The van der Waals surface area contributed by atoms with E-state index < -0.39 is 11.6 Å². The number of rotatable bonds is 23. The molecule has 0 bridgehead atoms. The zero-order chi connectivity index (χ0) is 95.6. The molecule has 10 saturated carbocycles. The van der Waals surface area contributed by atoms with Gasteiger partial charge in [0.15, 0.2) is 11.6 Å². The van der Waals surface area contributed by atoms with Gasteiger partial charge < -0.3 is 6.58 Å². The Kier molecular flexibility index (Phi) is 54.9. The van der Waals surface area contributed by atoms with Crippen LogP contribution in [0.15, 0.2) is 263 Å². The second kappa shape index (κ2) is 64.9. The van der Waals surface area contributed by atoms with Crippen LogP contribution in [0.4, 0.5) is 13.2 Å². The van der Waals surface area contributed by atoms with Crippen molar-refractivity contribution in [1.29, 1.82) is 0 Å². The second-order valence-corrected chi connectivity index (χ2v) is 44.2. The maximum absolute atomic E-state index is 14.6. The molecule has 139 heavy (non-hydrogen) atoms. The SMILES string of the molecule is C/C=C/CCc1ccc(-c2ccc(-c3ccc(C)cc3)cc2F)cc1.C/C=C/CCc1ccc(-c2ccc(C)cc2)cc1.C=CC1CCC(C2CCC(C)CC2)CC1.C=CC1CCC(C2CCC(c3cc[c-]cc3)CC2)CC1.C=CC1CCC(C2CCC(c3ccc(F)c(F)c3)CC2)CC1.C=CCC1CCC(C2CCC(c3cc[c-]cc3)CC2)CC1.[CH-]=CC1CCC(C2CCC(C)CC2)CC1.[Y].[Y].[Y]. The third-order valence-corrected chi connectivity index (χ3v) is 35.2. The molecule has 0 amide bonds. The summed E-state index contributed by atoms with van der Waals surface area (Å²) in [6, 6.07) is 67.5. The Balaban J connectivity index is 0.000000182. The van der Waals surface area contributed by atoms with Gasteiger partial charge in [-0.05, 0) is 466 Å². The zero-order valence-corrected chi connectivity index (χ0v) is 95.7. The van der Waals surface area contributed by atoms with Gasteiger partial charge in [-0.3, -0.25) is 6.08 Å². The molecule has 10 aliphatic rings. The van der Waals surface area contributed by atoms with E-state index >= 15 is 0 Å². The third-order valence-electron chi connectivity index (χ3n) is 35.2. The van der Waals surface area contributed by atoms with E-state index in [0.717, 1.165) is 173 Å². The maximum atomic E-state index is 14.6. The molecule has 0 heterocycles. The summed E-state index contributed by atoms with van der Waals surface area (Å²) in [6.07, 6.45) is 81.0. The standard InChI is InChI=1S/C24H23F.C21H29.C20H26F2.C20H27.C18H20.C15H26.C15H25.3Y/c1-3-4-5-6-19-9-13-21(14-10-19)23-16-15-22(17-24(23)25)20-11-7-18(2)8-12-20;1-2-6-17-9-11-19(12-10-17)21-15-13-20(14-16-21)18-7-4-3-5-8-18;1-2-14-3-5-15(6-4-14)16-7-9-17(10-8-16)18-11-12-19(21)20(22)13-18;1-2-16-8-10-18(11-9-16)20-14-12-19(13-15-20)17-6-4-3-5-7-17;1-3-4-5-6-16-9-13-18(14-10-16)17-11-7-15(2)8-12-17;2*1-3-13-6-10-15(11-7-13)14-8-4-12(2)5-9-14;;;/h3-4,7-17H,5-6H2,1-2H3;2,4-5,7-8,17,19-21H,1,6,9-16H2;2,11-17H,1,3-10H2;2,4-7,16,18-20H,1,8-15H2;3-4,7-14H,5-6H2,1-2H3;3,12-15H,1,4-11H2,2H3;1,3,12-15H,4-11H2,2H3;;;/q;-1;;-1;;;-1;;;/b4-3+;;;;4-3+;;;;;. The second-order valence-electron chi connectivity index (χ2n) is 44.2. The minimum atomic E-state index is -0.739. The molecule has 0 spiro atoms. The van der Waals surface area contributed by atoms with Crippen LogP contribution in [-0.4, -0.2) is 0 Å². The minimum Gasteiger partial charge on any atom is -0.518 e. The summed E-state index contributed by atoms with van der Waals surface area (Å²) in [7, 11) is 0. The summed E-state index contributed by atoms with van der Waals surface area (Å²) >= 11 is 0. The van der Waals surface area contributed by atoms with Crippen LogP contribution in [0.1, 0.15) is 360 Å². The van der Waals surface area contributed by atoms with Crippen molar-refractivity contribution in [2.24, 2.45) is 101 Å². The van der Waals surface area contributed by atoms with Crippen molar-refractivity contribution in [2.45, 2.75) is 348 Å². The molecule has 18 rings (SSSR count). The van der Waals surface area contributed by atoms with Crippen LogP contribution in [0, 0.1) is 151 Å². The first kappa shape index (κ1) is 118. The number of allylic oxidation sites excluding steroid dienone is 9. The van der Waals surface area contributed by atoms with E-state index in [4.69, 9.17) is 6.58 Å². The van der Waals surface area contributed by atoms with Gasteiger partial charge in [0, 0.05) is 104 Å². The van der Waals surface area contributed by atoms with Gasteiger partial charge >= 0.3 is 0 Å². The molecule has 8 aromatic rings. The van der Waals surface area contributed by atoms with Gasteiger partial charge in [0.25, 0.3) is 0 Å². The normalized spacial score (nSPS) is 27.8. The predicted molar refractivity (Wildman–Crippen MR) is 580 cm³/mol. The van der Waals surface area contributed by atoms with Crippen LogP contribution >= 0.6 is 0 Å². The monoisotopic (exact) mass is 2100 g/mol. The van der Waals surface area contributed by atoms with Crippen molar-refractivity contribution in [3.05, 3.63) is 338 Å². The van der Waals surface area contributed by atoms with Crippen molar-refractivity contribution < 1.29 is 111 Å². The van der Waals surface area contributed by atoms with Crippen LogP contribution in [0.25, 0.3) is 33.4 Å². The first-order chi connectivity index (χ1) is 66.4. The summed E-state index contributed by atoms with van der Waals surface area (Å²) in [5.74, 6) is 16.5. The summed E-state index contributed by atoms with van der Waals surface area (Å²) in [6.45, 7) is 34.4. The van der Waals surface area contributed by atoms with Crippen LogP contribution in [-0.2, 0) is 111 Å². The van der Waals surface area contributed by atoms with Crippen molar-refractivity contribution in [3.63, 3.8) is 0 Å². The fraction of sp³-hybridized carbons (Fsp3) is 0.534. The van der Waals surface area contributed by atoms with Gasteiger partial charge in [0.05, 0.1) is 0 Å². The largest absolute Gasteiger partial charge is 0.518 e. The average molecular weight is 2100 g/mol. The topological polar surface area (TPSA) is 0 Å². The van der Waals surface area contributed by atoms with E-state index in [9.17, 15) is 13.2 Å². The van der Waals surface area contributed by atoms with E-state index in [2.05, 4.69) is 231 Å². The molecule has 0 N–H and O–H groups in total. The molecule has 10 aliphatic carbocycles. The summed E-state index contributed by atoms with van der Waals surface area (Å²) < 4.78 is 41.1. The molecule has 10 fully saturated rings. The Bertz CT molecular complexity index is 4690. The molecular weight excluding hydrogens is 1920 g/mol. The summed E-state index contributed by atoms with van der Waals surface area (Å²) in [4.78, 5) is 0. The van der Waals surface area contributed by atoms with Crippen LogP contribution < -0.4 is 0 Å². The van der Waals surface area contributed by atoms with Gasteiger partial charge in [-0.25, -0.2) is 13.2 Å². The fourth-order valence-corrected chi connectivity index (χ4v) is 25.9. The van der Waals surface area contributed by atoms with E-state index in [-0.39, 0.29) is 104 Å². The first-order valence-corrected chi connectivity index (χ1v) is 55.2. The Morgan fingerprint density at radius 3 is 0.914 bits per heavy atom. The molecule has 0 aromatic heterocycles. The van der Waals surface area contributed by atoms with Gasteiger partial charge in [0.1, 0.15) is 5.82 Å². The van der Waals surface area contributed by atoms with Crippen LogP contribution in [0.2, 0.25) is 0 Å². The Labute approximate surface area is 922 Å². The molecule has 0 aliphatic heterocycles. The van der Waals surface area contributed by atoms with Gasteiger partial charge in [0.2, 0.25) is 0 Å².